The lowest BCUT2D eigenvalue weighted by Crippen LogP contribution is -2.16. The van der Waals surface area contributed by atoms with Crippen LogP contribution in [-0.4, -0.2) is 11.3 Å². The molecule has 0 bridgehead atoms. The van der Waals surface area contributed by atoms with Gasteiger partial charge in [-0.25, -0.2) is 4.98 Å². The monoisotopic (exact) mass is 303 g/mol. The molecule has 0 amide bonds. The van der Waals surface area contributed by atoms with E-state index in [4.69, 9.17) is 16.3 Å². The quantitative estimate of drug-likeness (QED) is 0.793. The Morgan fingerprint density at radius 2 is 1.65 bits per heavy atom. The normalized spacial score (nSPS) is 11.2. The molecule has 0 radical (unpaired) electrons. The molecule has 0 aliphatic heterocycles. The number of aromatic nitrogens is 1. The van der Waals surface area contributed by atoms with Crippen LogP contribution in [0.4, 0.5) is 13.2 Å². The third kappa shape index (κ3) is 4.62. The van der Waals surface area contributed by atoms with Gasteiger partial charge in [0.1, 0.15) is 23.3 Å². The molecule has 1 heterocycles. The number of benzene rings is 1. The Morgan fingerprint density at radius 1 is 1.00 bits per heavy atom. The van der Waals surface area contributed by atoms with E-state index >= 15 is 0 Å². The number of ether oxygens (including phenoxy) is 2. The Kier molecular flexibility index (Phi) is 4.34. The zero-order valence-electron chi connectivity index (χ0n) is 10.0. The highest BCUT2D eigenvalue weighted by atomic mass is 35.5. The second-order valence-corrected chi connectivity index (χ2v) is 4.18. The van der Waals surface area contributed by atoms with Crippen LogP contribution in [0.25, 0.3) is 0 Å². The first-order valence-electron chi connectivity index (χ1n) is 5.51. The summed E-state index contributed by atoms with van der Waals surface area (Å²) in [5.74, 6) is 0.132. The zero-order valence-corrected chi connectivity index (χ0v) is 10.8. The summed E-state index contributed by atoms with van der Waals surface area (Å²) >= 11 is 5.64. The second kappa shape index (κ2) is 6.00. The lowest BCUT2D eigenvalue weighted by Gasteiger charge is -2.10. The zero-order chi connectivity index (χ0) is 14.6. The number of pyridine rings is 1. The fourth-order valence-electron chi connectivity index (χ4n) is 1.40. The Bertz CT molecular complexity index is 555. The van der Waals surface area contributed by atoms with Crippen LogP contribution in [0.3, 0.4) is 0 Å². The second-order valence-electron chi connectivity index (χ2n) is 3.80. The lowest BCUT2D eigenvalue weighted by atomic mass is 10.3. The molecule has 2 aromatic rings. The summed E-state index contributed by atoms with van der Waals surface area (Å²) < 4.78 is 45.1. The Balaban J connectivity index is 1.92. The van der Waals surface area contributed by atoms with E-state index in [0.717, 1.165) is 5.56 Å². The van der Waals surface area contributed by atoms with Crippen LogP contribution in [0.2, 0.25) is 5.15 Å². The molecule has 0 fully saturated rings. The van der Waals surface area contributed by atoms with E-state index < -0.39 is 6.36 Å². The Labute approximate surface area is 117 Å². The van der Waals surface area contributed by atoms with Gasteiger partial charge in [-0.3, -0.25) is 0 Å². The molecule has 0 N–H and O–H groups in total. The molecule has 7 heteroatoms. The van der Waals surface area contributed by atoms with Gasteiger partial charge in [0.15, 0.2) is 0 Å². The number of halogens is 4. The number of rotatable bonds is 4. The fraction of sp³-hybridized carbons (Fsp3) is 0.154. The molecule has 2 rings (SSSR count). The van der Waals surface area contributed by atoms with Gasteiger partial charge in [0.25, 0.3) is 0 Å². The van der Waals surface area contributed by atoms with Gasteiger partial charge in [-0.15, -0.1) is 13.2 Å². The third-order valence-corrected chi connectivity index (χ3v) is 2.48. The first kappa shape index (κ1) is 14.5. The number of nitrogens with zero attached hydrogens (tertiary/aromatic N) is 1. The summed E-state index contributed by atoms with van der Waals surface area (Å²) in [4.78, 5) is 3.89. The van der Waals surface area contributed by atoms with Crippen molar-refractivity contribution in [2.24, 2.45) is 0 Å². The third-order valence-electron chi connectivity index (χ3n) is 2.25. The van der Waals surface area contributed by atoms with Gasteiger partial charge in [-0.05, 0) is 30.3 Å². The molecule has 0 aliphatic rings. The Hall–Kier alpha value is -1.95. The van der Waals surface area contributed by atoms with E-state index in [9.17, 15) is 13.2 Å². The summed E-state index contributed by atoms with van der Waals surface area (Å²) in [5.41, 5.74) is 0.796. The minimum absolute atomic E-state index is 0.240. The van der Waals surface area contributed by atoms with Gasteiger partial charge in [-0.1, -0.05) is 17.7 Å². The van der Waals surface area contributed by atoms with E-state index in [1.165, 1.54) is 24.3 Å². The standard InChI is InChI=1S/C13H9ClF3NO2/c14-12-6-1-9(7-18-12)8-19-10-2-4-11(5-3-10)20-13(15,16)17/h1-7H,8H2. The molecule has 0 aliphatic carbocycles. The average molecular weight is 304 g/mol. The number of hydrogen-bond acceptors (Lipinski definition) is 3. The van der Waals surface area contributed by atoms with Gasteiger partial charge in [0.2, 0.25) is 0 Å². The van der Waals surface area contributed by atoms with Gasteiger partial charge in [0, 0.05) is 11.8 Å². The molecular formula is C13H9ClF3NO2. The maximum absolute atomic E-state index is 12.0. The fourth-order valence-corrected chi connectivity index (χ4v) is 1.51. The van der Waals surface area contributed by atoms with Crippen LogP contribution in [-0.2, 0) is 6.61 Å². The molecule has 20 heavy (non-hydrogen) atoms. The average Bonchev–Trinajstić information content (AvgIpc) is 2.38. The molecule has 0 atom stereocenters. The van der Waals surface area contributed by atoms with Crippen molar-refractivity contribution in [3.05, 3.63) is 53.3 Å². The molecule has 0 spiro atoms. The molecular weight excluding hydrogens is 295 g/mol. The molecule has 3 nitrogen and oxygen atoms in total. The first-order valence-corrected chi connectivity index (χ1v) is 5.89. The maximum atomic E-state index is 12.0. The minimum atomic E-state index is -4.70. The summed E-state index contributed by atoms with van der Waals surface area (Å²) in [6, 6.07) is 8.53. The molecule has 0 saturated carbocycles. The summed E-state index contributed by atoms with van der Waals surface area (Å²) in [7, 11) is 0. The highest BCUT2D eigenvalue weighted by Gasteiger charge is 2.30. The summed E-state index contributed by atoms with van der Waals surface area (Å²) in [6.07, 6.45) is -3.14. The van der Waals surface area contributed by atoms with E-state index in [1.807, 2.05) is 0 Å². The van der Waals surface area contributed by atoms with Crippen molar-refractivity contribution in [1.82, 2.24) is 4.98 Å². The van der Waals surface area contributed by atoms with Gasteiger partial charge >= 0.3 is 6.36 Å². The van der Waals surface area contributed by atoms with Crippen LogP contribution >= 0.6 is 11.6 Å². The molecule has 0 unspecified atom stereocenters. The highest BCUT2D eigenvalue weighted by molar-refractivity contribution is 6.29. The van der Waals surface area contributed by atoms with E-state index in [-0.39, 0.29) is 12.4 Å². The van der Waals surface area contributed by atoms with Crippen LogP contribution < -0.4 is 9.47 Å². The maximum Gasteiger partial charge on any atom is 0.573 e. The van der Waals surface area contributed by atoms with Crippen molar-refractivity contribution in [2.75, 3.05) is 0 Å². The van der Waals surface area contributed by atoms with Crippen molar-refractivity contribution in [3.63, 3.8) is 0 Å². The lowest BCUT2D eigenvalue weighted by molar-refractivity contribution is -0.274. The van der Waals surface area contributed by atoms with Crippen LogP contribution in [0, 0.1) is 0 Å². The van der Waals surface area contributed by atoms with E-state index in [2.05, 4.69) is 9.72 Å². The SMILES string of the molecule is FC(F)(F)Oc1ccc(OCc2ccc(Cl)nc2)cc1. The van der Waals surface area contributed by atoms with Crippen molar-refractivity contribution in [2.45, 2.75) is 13.0 Å². The molecule has 1 aromatic heterocycles. The largest absolute Gasteiger partial charge is 0.573 e. The molecule has 1 aromatic carbocycles. The minimum Gasteiger partial charge on any atom is -0.489 e. The first-order chi connectivity index (χ1) is 9.42. The van der Waals surface area contributed by atoms with Crippen molar-refractivity contribution < 1.29 is 22.6 Å². The van der Waals surface area contributed by atoms with Crippen molar-refractivity contribution >= 4 is 11.6 Å². The van der Waals surface area contributed by atoms with Crippen LogP contribution in [0.15, 0.2) is 42.6 Å². The van der Waals surface area contributed by atoms with Gasteiger partial charge in [-0.2, -0.15) is 0 Å². The van der Waals surface area contributed by atoms with Gasteiger partial charge in [0.05, 0.1) is 0 Å². The van der Waals surface area contributed by atoms with Crippen LogP contribution in [0.1, 0.15) is 5.56 Å². The number of hydrogen-bond donors (Lipinski definition) is 0. The van der Waals surface area contributed by atoms with Crippen LogP contribution in [0.5, 0.6) is 11.5 Å². The predicted molar refractivity (Wildman–Crippen MR) is 66.7 cm³/mol. The smallest absolute Gasteiger partial charge is 0.489 e. The predicted octanol–water partition coefficient (Wildman–Crippen LogP) is 4.21. The van der Waals surface area contributed by atoms with Gasteiger partial charge < -0.3 is 9.47 Å². The Morgan fingerprint density at radius 3 is 2.20 bits per heavy atom. The van der Waals surface area contributed by atoms with Crippen molar-refractivity contribution in [1.29, 1.82) is 0 Å². The van der Waals surface area contributed by atoms with Crippen molar-refractivity contribution in [3.8, 4) is 11.5 Å². The topological polar surface area (TPSA) is 31.4 Å². The summed E-state index contributed by atoms with van der Waals surface area (Å²) in [6.45, 7) is 0.240. The van der Waals surface area contributed by atoms with E-state index in [1.54, 1.807) is 18.3 Å². The number of alkyl halides is 3. The summed E-state index contributed by atoms with van der Waals surface area (Å²) in [5, 5.41) is 0.377. The van der Waals surface area contributed by atoms with E-state index in [0.29, 0.717) is 10.9 Å². The highest BCUT2D eigenvalue weighted by Crippen LogP contribution is 2.25. The molecule has 106 valence electrons. The molecule has 0 saturated heterocycles.